The van der Waals surface area contributed by atoms with Gasteiger partial charge < -0.3 is 20.1 Å². The van der Waals surface area contributed by atoms with E-state index in [0.29, 0.717) is 0 Å². The second-order valence-electron chi connectivity index (χ2n) is 3.27. The summed E-state index contributed by atoms with van der Waals surface area (Å²) in [7, 11) is 0. The van der Waals surface area contributed by atoms with Gasteiger partial charge in [0.25, 0.3) is 0 Å². The minimum Gasteiger partial charge on any atom is -0.481 e. The first kappa shape index (κ1) is 12.1. The molecule has 0 spiro atoms. The second-order valence-corrected chi connectivity index (χ2v) is 3.27. The van der Waals surface area contributed by atoms with Crippen LogP contribution in [0.3, 0.4) is 0 Å². The molecule has 0 saturated carbocycles. The van der Waals surface area contributed by atoms with Crippen LogP contribution in [0, 0.1) is 5.41 Å². The number of hydrogen-bond donors (Lipinski definition) is 3. The van der Waals surface area contributed by atoms with Crippen LogP contribution in [0.4, 0.5) is 0 Å². The first-order chi connectivity index (χ1) is 5.95. The van der Waals surface area contributed by atoms with E-state index < -0.39 is 31.0 Å². The maximum atomic E-state index is 10.7. The third kappa shape index (κ3) is 4.00. The molecule has 0 aliphatic rings. The van der Waals surface area contributed by atoms with Crippen LogP contribution in [0.1, 0.15) is 19.8 Å². The summed E-state index contributed by atoms with van der Waals surface area (Å²) in [5.74, 6) is -1.38. The summed E-state index contributed by atoms with van der Waals surface area (Å²) in [4.78, 5) is 21.1. The SMILES string of the molecule is CC(=O)CC(CO)(CO)CC(=O)O. The van der Waals surface area contributed by atoms with Gasteiger partial charge in [0, 0.05) is 11.8 Å². The van der Waals surface area contributed by atoms with Gasteiger partial charge in [-0.2, -0.15) is 0 Å². The Morgan fingerprint density at radius 2 is 1.62 bits per heavy atom. The van der Waals surface area contributed by atoms with Crippen molar-refractivity contribution in [3.05, 3.63) is 0 Å². The average molecular weight is 190 g/mol. The highest BCUT2D eigenvalue weighted by atomic mass is 16.4. The van der Waals surface area contributed by atoms with Gasteiger partial charge in [-0.15, -0.1) is 0 Å². The van der Waals surface area contributed by atoms with Crippen molar-refractivity contribution in [2.45, 2.75) is 19.8 Å². The van der Waals surface area contributed by atoms with E-state index in [1.165, 1.54) is 6.92 Å². The normalized spacial score (nSPS) is 11.3. The molecule has 0 saturated heterocycles. The van der Waals surface area contributed by atoms with Gasteiger partial charge in [-0.1, -0.05) is 0 Å². The highest BCUT2D eigenvalue weighted by Gasteiger charge is 2.33. The number of hydrogen-bond acceptors (Lipinski definition) is 4. The first-order valence-corrected chi connectivity index (χ1v) is 3.89. The molecular weight excluding hydrogens is 176 g/mol. The van der Waals surface area contributed by atoms with Crippen molar-refractivity contribution in [2.24, 2.45) is 5.41 Å². The third-order valence-corrected chi connectivity index (χ3v) is 1.82. The van der Waals surface area contributed by atoms with E-state index in [1.54, 1.807) is 0 Å². The van der Waals surface area contributed by atoms with Crippen molar-refractivity contribution in [1.29, 1.82) is 0 Å². The number of carbonyl (C=O) groups excluding carboxylic acids is 1. The maximum absolute atomic E-state index is 10.7. The number of carboxylic acid groups (broad SMARTS) is 1. The molecule has 0 aliphatic carbocycles. The van der Waals surface area contributed by atoms with E-state index in [2.05, 4.69) is 0 Å². The lowest BCUT2D eigenvalue weighted by Gasteiger charge is -2.26. The molecule has 0 fully saturated rings. The molecular formula is C8H14O5. The fraction of sp³-hybridized carbons (Fsp3) is 0.750. The molecule has 0 radical (unpaired) electrons. The lowest BCUT2D eigenvalue weighted by atomic mass is 9.81. The molecule has 5 nitrogen and oxygen atoms in total. The molecule has 5 heteroatoms. The van der Waals surface area contributed by atoms with Crippen molar-refractivity contribution in [3.8, 4) is 0 Å². The number of Topliss-reactive ketones (excluding diaryl/α,β-unsaturated/α-hetero) is 1. The number of ketones is 1. The second kappa shape index (κ2) is 4.94. The molecule has 0 rings (SSSR count). The lowest BCUT2D eigenvalue weighted by Crippen LogP contribution is -2.34. The van der Waals surface area contributed by atoms with E-state index >= 15 is 0 Å². The zero-order valence-electron chi connectivity index (χ0n) is 7.49. The molecule has 76 valence electrons. The number of aliphatic hydroxyl groups excluding tert-OH is 2. The Bertz CT molecular complexity index is 177. The van der Waals surface area contributed by atoms with Gasteiger partial charge in [0.15, 0.2) is 0 Å². The Morgan fingerprint density at radius 1 is 1.15 bits per heavy atom. The minimum absolute atomic E-state index is 0.119. The molecule has 0 atom stereocenters. The number of aliphatic carboxylic acids is 1. The molecule has 3 N–H and O–H groups in total. The quantitative estimate of drug-likeness (QED) is 0.520. The zero-order valence-corrected chi connectivity index (χ0v) is 7.49. The summed E-state index contributed by atoms with van der Waals surface area (Å²) >= 11 is 0. The molecule has 0 aliphatic heterocycles. The van der Waals surface area contributed by atoms with E-state index in [-0.39, 0.29) is 12.2 Å². The fourth-order valence-corrected chi connectivity index (χ4v) is 1.18. The largest absolute Gasteiger partial charge is 0.481 e. The van der Waals surface area contributed by atoms with Crippen LogP contribution in [0.5, 0.6) is 0 Å². The van der Waals surface area contributed by atoms with E-state index in [0.717, 1.165) is 0 Å². The summed E-state index contributed by atoms with van der Waals surface area (Å²) in [6.45, 7) is 0.284. The fourth-order valence-electron chi connectivity index (χ4n) is 1.18. The number of carboxylic acids is 1. The van der Waals surface area contributed by atoms with E-state index in [4.69, 9.17) is 15.3 Å². The monoisotopic (exact) mass is 190 g/mol. The van der Waals surface area contributed by atoms with E-state index in [1.807, 2.05) is 0 Å². The summed E-state index contributed by atoms with van der Waals surface area (Å²) in [5.41, 5.74) is -1.21. The van der Waals surface area contributed by atoms with Gasteiger partial charge in [-0.05, 0) is 6.92 Å². The lowest BCUT2D eigenvalue weighted by molar-refractivity contribution is -0.142. The van der Waals surface area contributed by atoms with Crippen LogP contribution in [0.25, 0.3) is 0 Å². The zero-order chi connectivity index (χ0) is 10.5. The minimum atomic E-state index is -1.21. The molecule has 0 aromatic rings. The number of aliphatic hydroxyl groups is 2. The predicted molar refractivity (Wildman–Crippen MR) is 44.2 cm³/mol. The molecule has 0 unspecified atom stereocenters. The van der Waals surface area contributed by atoms with Crippen LogP contribution in [-0.4, -0.2) is 40.3 Å². The number of rotatable bonds is 6. The Hall–Kier alpha value is -0.940. The average Bonchev–Trinajstić information content (AvgIpc) is 2.01. The smallest absolute Gasteiger partial charge is 0.304 e. The highest BCUT2D eigenvalue weighted by molar-refractivity contribution is 5.77. The van der Waals surface area contributed by atoms with Gasteiger partial charge in [0.05, 0.1) is 19.6 Å². The molecule has 13 heavy (non-hydrogen) atoms. The van der Waals surface area contributed by atoms with Crippen LogP contribution >= 0.6 is 0 Å². The van der Waals surface area contributed by atoms with Gasteiger partial charge in [-0.25, -0.2) is 0 Å². The van der Waals surface area contributed by atoms with Crippen molar-refractivity contribution < 1.29 is 24.9 Å². The van der Waals surface area contributed by atoms with Gasteiger partial charge in [0.2, 0.25) is 0 Å². The van der Waals surface area contributed by atoms with Crippen LogP contribution in [0.15, 0.2) is 0 Å². The Morgan fingerprint density at radius 3 is 1.85 bits per heavy atom. The van der Waals surface area contributed by atoms with Gasteiger partial charge in [0.1, 0.15) is 5.78 Å². The maximum Gasteiger partial charge on any atom is 0.304 e. The van der Waals surface area contributed by atoms with Crippen molar-refractivity contribution in [2.75, 3.05) is 13.2 Å². The Labute approximate surface area is 76.0 Å². The van der Waals surface area contributed by atoms with Crippen LogP contribution in [-0.2, 0) is 9.59 Å². The summed E-state index contributed by atoms with van der Waals surface area (Å²) in [6.07, 6.45) is -0.522. The molecule has 0 aromatic carbocycles. The molecule has 0 amide bonds. The van der Waals surface area contributed by atoms with E-state index in [9.17, 15) is 9.59 Å². The third-order valence-electron chi connectivity index (χ3n) is 1.82. The first-order valence-electron chi connectivity index (χ1n) is 3.89. The van der Waals surface area contributed by atoms with Crippen molar-refractivity contribution >= 4 is 11.8 Å². The Balaban J connectivity index is 4.48. The Kier molecular flexibility index (Phi) is 4.58. The van der Waals surface area contributed by atoms with Crippen molar-refractivity contribution in [3.63, 3.8) is 0 Å². The summed E-state index contributed by atoms with van der Waals surface area (Å²) < 4.78 is 0. The standard InChI is InChI=1S/C8H14O5/c1-6(11)2-8(4-9,5-10)3-7(12)13/h9-10H,2-5H2,1H3,(H,12,13). The van der Waals surface area contributed by atoms with Crippen LogP contribution < -0.4 is 0 Å². The summed E-state index contributed by atoms with van der Waals surface area (Å²) in [5, 5.41) is 26.3. The molecule has 0 aromatic heterocycles. The summed E-state index contributed by atoms with van der Waals surface area (Å²) in [6, 6.07) is 0. The number of carbonyl (C=O) groups is 2. The predicted octanol–water partition coefficient (Wildman–Crippen LogP) is -0.589. The van der Waals surface area contributed by atoms with Crippen molar-refractivity contribution in [1.82, 2.24) is 0 Å². The highest BCUT2D eigenvalue weighted by Crippen LogP contribution is 2.25. The molecule has 0 heterocycles. The van der Waals surface area contributed by atoms with Gasteiger partial charge in [-0.3, -0.25) is 4.79 Å². The van der Waals surface area contributed by atoms with Crippen LogP contribution in [0.2, 0.25) is 0 Å². The topological polar surface area (TPSA) is 94.8 Å². The molecule has 0 bridgehead atoms. The van der Waals surface area contributed by atoms with Gasteiger partial charge >= 0.3 is 5.97 Å².